The van der Waals surface area contributed by atoms with E-state index in [4.69, 9.17) is 14.6 Å². The minimum absolute atomic E-state index is 0.255. The summed E-state index contributed by atoms with van der Waals surface area (Å²) in [5.41, 5.74) is 2.86. The molecule has 3 aromatic carbocycles. The Labute approximate surface area is 210 Å². The molecule has 4 rings (SSSR count). The molecule has 0 saturated heterocycles. The van der Waals surface area contributed by atoms with Gasteiger partial charge in [-0.15, -0.1) is 0 Å². The Hall–Kier alpha value is -4.16. The van der Waals surface area contributed by atoms with Crippen molar-refractivity contribution in [2.24, 2.45) is 0 Å². The van der Waals surface area contributed by atoms with Crippen molar-refractivity contribution >= 4 is 17.5 Å². The number of unbranched alkanes of at least 4 members (excludes halogenated alkanes) is 1. The number of hydrogen-bond acceptors (Lipinski definition) is 4. The van der Waals surface area contributed by atoms with Crippen LogP contribution in [0.1, 0.15) is 35.2 Å². The molecule has 36 heavy (non-hydrogen) atoms. The maximum Gasteiger partial charge on any atom is 0.340 e. The smallest absolute Gasteiger partial charge is 0.340 e. The molecule has 0 aliphatic heterocycles. The zero-order chi connectivity index (χ0) is 25.4. The van der Waals surface area contributed by atoms with Crippen LogP contribution < -0.4 is 4.74 Å². The van der Waals surface area contributed by atoms with Crippen molar-refractivity contribution in [3.8, 4) is 16.9 Å². The number of benzene rings is 3. The molecule has 0 fully saturated rings. The molecule has 1 atom stereocenters. The van der Waals surface area contributed by atoms with Crippen LogP contribution in [0, 0.1) is 0 Å². The van der Waals surface area contributed by atoms with Crippen LogP contribution in [0.3, 0.4) is 0 Å². The molecule has 0 aromatic heterocycles. The Morgan fingerprint density at radius 1 is 0.778 bits per heavy atom. The zero-order valence-electron chi connectivity index (χ0n) is 19.8. The first-order chi connectivity index (χ1) is 17.5. The van der Waals surface area contributed by atoms with Crippen LogP contribution in [0.2, 0.25) is 0 Å². The van der Waals surface area contributed by atoms with Gasteiger partial charge in [-0.2, -0.15) is 0 Å². The van der Waals surface area contributed by atoms with E-state index in [0.717, 1.165) is 34.4 Å². The largest absolute Gasteiger partial charge is 0.494 e. The number of carbonyl (C=O) groups is 2. The Morgan fingerprint density at radius 2 is 1.42 bits per heavy atom. The molecule has 0 saturated carbocycles. The standard InChI is InChI=1S/C30H28O6/c31-28(32)26-10-8-23(9-11-26)24-12-14-27(15-13-24)35-20-4-5-21-36-30(29(33)34)18-16-25(17-19-30)22-6-2-1-3-7-22/h1-3,6-18H,4-5,19-21H2,(H,31,32)(H,33,34). The van der Waals surface area contributed by atoms with Crippen molar-refractivity contribution in [2.75, 3.05) is 13.2 Å². The summed E-state index contributed by atoms with van der Waals surface area (Å²) in [6, 6.07) is 24.2. The predicted octanol–water partition coefficient (Wildman–Crippen LogP) is 6.09. The van der Waals surface area contributed by atoms with E-state index in [2.05, 4.69) is 0 Å². The molecule has 1 aliphatic rings. The SMILES string of the molecule is O=C(O)c1ccc(-c2ccc(OCCCCOC3(C(=O)O)C=CC(c4ccccc4)=CC3)cc2)cc1. The number of rotatable bonds is 11. The predicted molar refractivity (Wildman–Crippen MR) is 138 cm³/mol. The van der Waals surface area contributed by atoms with Gasteiger partial charge in [0.15, 0.2) is 5.60 Å². The fraction of sp³-hybridized carbons (Fsp3) is 0.200. The van der Waals surface area contributed by atoms with Gasteiger partial charge in [-0.05, 0) is 65.4 Å². The molecule has 6 heteroatoms. The van der Waals surface area contributed by atoms with Crippen LogP contribution in [0.15, 0.2) is 97.1 Å². The summed E-state index contributed by atoms with van der Waals surface area (Å²) in [6.07, 6.45) is 7.06. The normalized spacial score (nSPS) is 16.8. The average molecular weight is 485 g/mol. The van der Waals surface area contributed by atoms with Gasteiger partial charge < -0.3 is 19.7 Å². The second kappa shape index (κ2) is 11.5. The van der Waals surface area contributed by atoms with E-state index >= 15 is 0 Å². The lowest BCUT2D eigenvalue weighted by molar-refractivity contribution is -0.159. The van der Waals surface area contributed by atoms with Crippen molar-refractivity contribution in [1.82, 2.24) is 0 Å². The molecule has 0 amide bonds. The highest BCUT2D eigenvalue weighted by molar-refractivity contribution is 5.88. The van der Waals surface area contributed by atoms with E-state index in [1.807, 2.05) is 66.7 Å². The van der Waals surface area contributed by atoms with Crippen LogP contribution in [0.25, 0.3) is 16.7 Å². The fourth-order valence-corrected chi connectivity index (χ4v) is 3.99. The first-order valence-electron chi connectivity index (χ1n) is 11.9. The highest BCUT2D eigenvalue weighted by Crippen LogP contribution is 2.30. The quantitative estimate of drug-likeness (QED) is 0.320. The van der Waals surface area contributed by atoms with Gasteiger partial charge in [0.05, 0.1) is 12.2 Å². The Morgan fingerprint density at radius 3 is 2.00 bits per heavy atom. The number of ether oxygens (including phenoxy) is 2. The molecule has 0 radical (unpaired) electrons. The zero-order valence-corrected chi connectivity index (χ0v) is 19.8. The lowest BCUT2D eigenvalue weighted by Crippen LogP contribution is -2.40. The van der Waals surface area contributed by atoms with Gasteiger partial charge in [-0.25, -0.2) is 9.59 Å². The van der Waals surface area contributed by atoms with Crippen molar-refractivity contribution in [2.45, 2.75) is 24.9 Å². The first kappa shape index (κ1) is 24.9. The van der Waals surface area contributed by atoms with Crippen LogP contribution >= 0.6 is 0 Å². The summed E-state index contributed by atoms with van der Waals surface area (Å²) in [5, 5.41) is 18.8. The summed E-state index contributed by atoms with van der Waals surface area (Å²) in [7, 11) is 0. The van der Waals surface area contributed by atoms with Gasteiger partial charge in [0.2, 0.25) is 0 Å². The van der Waals surface area contributed by atoms with Crippen molar-refractivity contribution < 1.29 is 29.3 Å². The van der Waals surface area contributed by atoms with E-state index in [-0.39, 0.29) is 12.0 Å². The number of hydrogen-bond donors (Lipinski definition) is 2. The highest BCUT2D eigenvalue weighted by atomic mass is 16.5. The second-order valence-electron chi connectivity index (χ2n) is 8.57. The van der Waals surface area contributed by atoms with Gasteiger partial charge in [-0.3, -0.25) is 0 Å². The van der Waals surface area contributed by atoms with E-state index in [1.165, 1.54) is 0 Å². The molecule has 0 spiro atoms. The number of carboxylic acids is 2. The third kappa shape index (κ3) is 6.09. The van der Waals surface area contributed by atoms with Crippen LogP contribution in [-0.2, 0) is 9.53 Å². The molecule has 0 heterocycles. The molecule has 6 nitrogen and oxygen atoms in total. The second-order valence-corrected chi connectivity index (χ2v) is 8.57. The summed E-state index contributed by atoms with van der Waals surface area (Å²) in [6.45, 7) is 0.809. The molecule has 1 aliphatic carbocycles. The third-order valence-corrected chi connectivity index (χ3v) is 6.11. The van der Waals surface area contributed by atoms with Gasteiger partial charge in [-0.1, -0.05) is 66.7 Å². The van der Waals surface area contributed by atoms with Crippen LogP contribution in [0.4, 0.5) is 0 Å². The molecule has 184 valence electrons. The molecule has 2 N–H and O–H groups in total. The fourth-order valence-electron chi connectivity index (χ4n) is 3.99. The van der Waals surface area contributed by atoms with Crippen molar-refractivity contribution in [1.29, 1.82) is 0 Å². The maximum atomic E-state index is 11.9. The lowest BCUT2D eigenvalue weighted by atomic mass is 9.89. The monoisotopic (exact) mass is 484 g/mol. The number of aromatic carboxylic acids is 1. The third-order valence-electron chi connectivity index (χ3n) is 6.11. The maximum absolute atomic E-state index is 11.9. The number of allylic oxidation sites excluding steroid dienone is 2. The molecule has 3 aromatic rings. The van der Waals surface area contributed by atoms with Gasteiger partial charge in [0.1, 0.15) is 5.75 Å². The van der Waals surface area contributed by atoms with E-state index < -0.39 is 17.5 Å². The molecule has 1 unspecified atom stereocenters. The lowest BCUT2D eigenvalue weighted by Gasteiger charge is -2.28. The Kier molecular flexibility index (Phi) is 7.98. The van der Waals surface area contributed by atoms with Crippen LogP contribution in [0.5, 0.6) is 5.75 Å². The molecular weight excluding hydrogens is 456 g/mol. The van der Waals surface area contributed by atoms with E-state index in [1.54, 1.807) is 30.3 Å². The summed E-state index contributed by atoms with van der Waals surface area (Å²) in [5.74, 6) is -1.20. The minimum Gasteiger partial charge on any atom is -0.494 e. The summed E-state index contributed by atoms with van der Waals surface area (Å²) >= 11 is 0. The topological polar surface area (TPSA) is 93.1 Å². The van der Waals surface area contributed by atoms with E-state index in [9.17, 15) is 14.7 Å². The Bertz CT molecular complexity index is 1240. The van der Waals surface area contributed by atoms with Crippen LogP contribution in [-0.4, -0.2) is 41.0 Å². The van der Waals surface area contributed by atoms with E-state index in [0.29, 0.717) is 19.6 Å². The summed E-state index contributed by atoms with van der Waals surface area (Å²) in [4.78, 5) is 22.9. The molecular formula is C30H28O6. The Balaban J connectivity index is 1.21. The van der Waals surface area contributed by atoms with Crippen molar-refractivity contribution in [3.05, 3.63) is 108 Å². The highest BCUT2D eigenvalue weighted by Gasteiger charge is 2.37. The summed E-state index contributed by atoms with van der Waals surface area (Å²) < 4.78 is 11.6. The van der Waals surface area contributed by atoms with Gasteiger partial charge in [0, 0.05) is 13.0 Å². The first-order valence-corrected chi connectivity index (χ1v) is 11.9. The minimum atomic E-state index is -1.34. The van der Waals surface area contributed by atoms with Crippen molar-refractivity contribution in [3.63, 3.8) is 0 Å². The van der Waals surface area contributed by atoms with Gasteiger partial charge in [0.25, 0.3) is 0 Å². The number of aliphatic carboxylic acids is 1. The average Bonchev–Trinajstić information content (AvgIpc) is 2.92. The number of carboxylic acid groups (broad SMARTS) is 2. The van der Waals surface area contributed by atoms with Gasteiger partial charge >= 0.3 is 11.9 Å². The molecule has 0 bridgehead atoms.